The largest absolute Gasteiger partial charge is 0.476 e. The van der Waals surface area contributed by atoms with E-state index in [-0.39, 0.29) is 5.69 Å². The van der Waals surface area contributed by atoms with Crippen molar-refractivity contribution in [3.8, 4) is 0 Å². The van der Waals surface area contributed by atoms with Crippen LogP contribution < -0.4 is 0 Å². The highest BCUT2D eigenvalue weighted by molar-refractivity contribution is 5.87. The standard InChI is InChI=1S/C12H18N2O2/c1-6(2)8-5-4-7(3)9-10(8)13-14-11(9)12(15)16/h6-8H,4-5H2,1-3H3,(H,13,14)(H,15,16)/t7-,8-/m1/s1. The van der Waals surface area contributed by atoms with Crippen LogP contribution in [0, 0.1) is 5.92 Å². The summed E-state index contributed by atoms with van der Waals surface area (Å²) in [7, 11) is 0. The van der Waals surface area contributed by atoms with Gasteiger partial charge < -0.3 is 5.11 Å². The van der Waals surface area contributed by atoms with Crippen LogP contribution >= 0.6 is 0 Å². The molecule has 1 aromatic rings. The summed E-state index contributed by atoms with van der Waals surface area (Å²) in [5.74, 6) is 0.323. The maximum Gasteiger partial charge on any atom is 0.356 e. The van der Waals surface area contributed by atoms with Crippen LogP contribution in [0.5, 0.6) is 0 Å². The van der Waals surface area contributed by atoms with Gasteiger partial charge in [0.1, 0.15) is 0 Å². The van der Waals surface area contributed by atoms with E-state index in [1.807, 2.05) is 0 Å². The van der Waals surface area contributed by atoms with Gasteiger partial charge in [-0.2, -0.15) is 5.10 Å². The fourth-order valence-electron chi connectivity index (χ4n) is 2.69. The zero-order chi connectivity index (χ0) is 11.9. The lowest BCUT2D eigenvalue weighted by molar-refractivity contribution is 0.0688. The summed E-state index contributed by atoms with van der Waals surface area (Å²) in [6.07, 6.45) is 2.17. The molecule has 16 heavy (non-hydrogen) atoms. The number of rotatable bonds is 2. The minimum absolute atomic E-state index is 0.216. The Bertz CT molecular complexity index is 409. The molecule has 2 rings (SSSR count). The molecule has 1 aromatic heterocycles. The molecule has 0 aromatic carbocycles. The molecular weight excluding hydrogens is 204 g/mol. The van der Waals surface area contributed by atoms with Gasteiger partial charge in [-0.05, 0) is 24.7 Å². The molecule has 88 valence electrons. The van der Waals surface area contributed by atoms with Crippen molar-refractivity contribution in [2.75, 3.05) is 0 Å². The number of aromatic nitrogens is 2. The van der Waals surface area contributed by atoms with Crippen LogP contribution in [0.4, 0.5) is 0 Å². The monoisotopic (exact) mass is 222 g/mol. The number of nitrogens with one attached hydrogen (secondary N) is 1. The van der Waals surface area contributed by atoms with E-state index in [4.69, 9.17) is 5.11 Å². The maximum absolute atomic E-state index is 11.1. The highest BCUT2D eigenvalue weighted by atomic mass is 16.4. The second-order valence-corrected chi connectivity index (χ2v) is 5.03. The molecule has 0 radical (unpaired) electrons. The molecule has 0 bridgehead atoms. The van der Waals surface area contributed by atoms with E-state index in [0.29, 0.717) is 17.8 Å². The van der Waals surface area contributed by atoms with Crippen LogP contribution in [-0.2, 0) is 0 Å². The van der Waals surface area contributed by atoms with Crippen LogP contribution in [0.2, 0.25) is 0 Å². The Labute approximate surface area is 95.1 Å². The molecule has 0 saturated heterocycles. The number of hydrogen-bond donors (Lipinski definition) is 2. The smallest absolute Gasteiger partial charge is 0.356 e. The first-order valence-corrected chi connectivity index (χ1v) is 5.83. The highest BCUT2D eigenvalue weighted by Gasteiger charge is 2.33. The second kappa shape index (κ2) is 3.92. The van der Waals surface area contributed by atoms with E-state index in [1.165, 1.54) is 0 Å². The molecule has 1 heterocycles. The topological polar surface area (TPSA) is 66.0 Å². The lowest BCUT2D eigenvalue weighted by Crippen LogP contribution is -2.18. The summed E-state index contributed by atoms with van der Waals surface area (Å²) < 4.78 is 0. The predicted molar refractivity (Wildman–Crippen MR) is 60.8 cm³/mol. The molecule has 2 N–H and O–H groups in total. The van der Waals surface area contributed by atoms with Gasteiger partial charge in [0.15, 0.2) is 5.69 Å². The number of carbonyl (C=O) groups is 1. The van der Waals surface area contributed by atoms with E-state index in [9.17, 15) is 4.79 Å². The molecule has 0 spiro atoms. The quantitative estimate of drug-likeness (QED) is 0.808. The van der Waals surface area contributed by atoms with Crippen molar-refractivity contribution in [2.45, 2.75) is 45.4 Å². The minimum Gasteiger partial charge on any atom is -0.476 e. The summed E-state index contributed by atoms with van der Waals surface area (Å²) >= 11 is 0. The Hall–Kier alpha value is -1.32. The van der Waals surface area contributed by atoms with Crippen LogP contribution in [0.1, 0.15) is 67.2 Å². The molecule has 1 aliphatic carbocycles. The fraction of sp³-hybridized carbons (Fsp3) is 0.667. The number of carboxylic acid groups (broad SMARTS) is 1. The van der Waals surface area contributed by atoms with Gasteiger partial charge in [0, 0.05) is 17.2 Å². The molecule has 0 amide bonds. The van der Waals surface area contributed by atoms with Crippen molar-refractivity contribution >= 4 is 5.97 Å². The first-order chi connectivity index (χ1) is 7.52. The van der Waals surface area contributed by atoms with Crippen LogP contribution in [0.25, 0.3) is 0 Å². The van der Waals surface area contributed by atoms with Gasteiger partial charge in [0.05, 0.1) is 0 Å². The second-order valence-electron chi connectivity index (χ2n) is 5.03. The highest BCUT2D eigenvalue weighted by Crippen LogP contribution is 2.42. The van der Waals surface area contributed by atoms with Crippen molar-refractivity contribution in [3.05, 3.63) is 17.0 Å². The fourth-order valence-corrected chi connectivity index (χ4v) is 2.69. The number of nitrogens with zero attached hydrogens (tertiary/aromatic N) is 1. The van der Waals surface area contributed by atoms with Gasteiger partial charge in [0.25, 0.3) is 0 Å². The Morgan fingerprint density at radius 1 is 1.50 bits per heavy atom. The number of aromatic amines is 1. The Balaban J connectivity index is 2.49. The summed E-state index contributed by atoms with van der Waals surface area (Å²) in [5.41, 5.74) is 2.19. The number of hydrogen-bond acceptors (Lipinski definition) is 2. The van der Waals surface area contributed by atoms with Gasteiger partial charge >= 0.3 is 5.97 Å². The number of carboxylic acids is 1. The first kappa shape index (κ1) is 11.2. The zero-order valence-electron chi connectivity index (χ0n) is 9.95. The third-order valence-electron chi connectivity index (χ3n) is 3.62. The van der Waals surface area contributed by atoms with Crippen LogP contribution in [-0.4, -0.2) is 21.3 Å². The average molecular weight is 222 g/mol. The molecule has 0 fully saturated rings. The zero-order valence-corrected chi connectivity index (χ0v) is 9.95. The van der Waals surface area contributed by atoms with E-state index < -0.39 is 5.97 Å². The third kappa shape index (κ3) is 1.62. The van der Waals surface area contributed by atoms with Crippen molar-refractivity contribution < 1.29 is 9.90 Å². The summed E-state index contributed by atoms with van der Waals surface area (Å²) in [5, 5.41) is 16.0. The summed E-state index contributed by atoms with van der Waals surface area (Å²) in [4.78, 5) is 11.1. The van der Waals surface area contributed by atoms with Crippen molar-refractivity contribution in [1.29, 1.82) is 0 Å². The molecule has 2 atom stereocenters. The lowest BCUT2D eigenvalue weighted by atomic mass is 9.76. The summed E-state index contributed by atoms with van der Waals surface area (Å²) in [6, 6.07) is 0. The van der Waals surface area contributed by atoms with Crippen molar-refractivity contribution in [3.63, 3.8) is 0 Å². The molecular formula is C12H18N2O2. The SMILES string of the molecule is CC(C)[C@H]1CC[C@@H](C)c2c(C(=O)O)n[nH]c21. The van der Waals surface area contributed by atoms with Crippen LogP contribution in [0.3, 0.4) is 0 Å². The van der Waals surface area contributed by atoms with E-state index >= 15 is 0 Å². The molecule has 0 saturated carbocycles. The van der Waals surface area contributed by atoms with Crippen LogP contribution in [0.15, 0.2) is 0 Å². The van der Waals surface area contributed by atoms with E-state index in [2.05, 4.69) is 31.0 Å². The first-order valence-electron chi connectivity index (χ1n) is 5.83. The summed E-state index contributed by atoms with van der Waals surface area (Å²) in [6.45, 7) is 6.43. The molecule has 0 unspecified atom stereocenters. The van der Waals surface area contributed by atoms with Gasteiger partial charge in [0.2, 0.25) is 0 Å². The number of fused-ring (bicyclic) bond motifs is 1. The molecule has 1 aliphatic rings. The number of aromatic carboxylic acids is 1. The Kier molecular flexibility index (Phi) is 2.74. The van der Waals surface area contributed by atoms with E-state index in [0.717, 1.165) is 24.1 Å². The Morgan fingerprint density at radius 3 is 2.75 bits per heavy atom. The maximum atomic E-state index is 11.1. The van der Waals surface area contributed by atoms with Gasteiger partial charge in [-0.25, -0.2) is 4.79 Å². The molecule has 4 heteroatoms. The van der Waals surface area contributed by atoms with Crippen molar-refractivity contribution in [1.82, 2.24) is 10.2 Å². The normalized spacial score (nSPS) is 24.5. The lowest BCUT2D eigenvalue weighted by Gasteiger charge is -2.29. The van der Waals surface area contributed by atoms with Gasteiger partial charge in [-0.15, -0.1) is 0 Å². The average Bonchev–Trinajstić information content (AvgIpc) is 2.62. The Morgan fingerprint density at radius 2 is 2.19 bits per heavy atom. The predicted octanol–water partition coefficient (Wildman–Crippen LogP) is 2.74. The third-order valence-corrected chi connectivity index (χ3v) is 3.62. The van der Waals surface area contributed by atoms with Gasteiger partial charge in [-0.1, -0.05) is 20.8 Å². The van der Waals surface area contributed by atoms with Gasteiger partial charge in [-0.3, -0.25) is 5.10 Å². The number of H-pyrrole nitrogens is 1. The van der Waals surface area contributed by atoms with E-state index in [1.54, 1.807) is 0 Å². The van der Waals surface area contributed by atoms with Crippen molar-refractivity contribution in [2.24, 2.45) is 5.92 Å². The minimum atomic E-state index is -0.922. The molecule has 4 nitrogen and oxygen atoms in total. The molecule has 0 aliphatic heterocycles.